The Balaban J connectivity index is 2.25. The molecule has 0 amide bonds. The first-order chi connectivity index (χ1) is 8.67. The molecule has 1 atom stereocenters. The highest BCUT2D eigenvalue weighted by Crippen LogP contribution is 2.26. The van der Waals surface area contributed by atoms with E-state index in [2.05, 4.69) is 30.4 Å². The van der Waals surface area contributed by atoms with Crippen molar-refractivity contribution in [3.63, 3.8) is 0 Å². The maximum atomic E-state index is 6.38. The van der Waals surface area contributed by atoms with Crippen molar-refractivity contribution in [3.8, 4) is 0 Å². The van der Waals surface area contributed by atoms with Gasteiger partial charge in [0.1, 0.15) is 0 Å². The van der Waals surface area contributed by atoms with Crippen molar-refractivity contribution >= 4 is 22.9 Å². The van der Waals surface area contributed by atoms with Gasteiger partial charge in [-0.15, -0.1) is 0 Å². The van der Waals surface area contributed by atoms with Gasteiger partial charge in [0.15, 0.2) is 0 Å². The zero-order valence-corrected chi connectivity index (χ0v) is 12.3. The van der Waals surface area contributed by atoms with Gasteiger partial charge < -0.3 is 5.73 Å². The zero-order valence-electron chi connectivity index (χ0n) is 10.7. The van der Waals surface area contributed by atoms with Crippen molar-refractivity contribution in [2.45, 2.75) is 39.3 Å². The number of nitrogens with two attached hydrogens (primary N) is 1. The van der Waals surface area contributed by atoms with Gasteiger partial charge in [0.25, 0.3) is 0 Å². The Morgan fingerprint density at radius 3 is 2.83 bits per heavy atom. The summed E-state index contributed by atoms with van der Waals surface area (Å²) in [6, 6.07) is 2.05. The summed E-state index contributed by atoms with van der Waals surface area (Å²) in [5.74, 6) is 0. The molecule has 0 saturated carbocycles. The highest BCUT2D eigenvalue weighted by atomic mass is 35.5. The minimum atomic E-state index is -0.0135. The van der Waals surface area contributed by atoms with Crippen LogP contribution < -0.4 is 5.73 Å². The molecule has 2 heterocycles. The number of hydrogen-bond donors (Lipinski definition) is 1. The van der Waals surface area contributed by atoms with Gasteiger partial charge in [-0.05, 0) is 35.7 Å². The third-order valence-electron chi connectivity index (χ3n) is 3.08. The molecule has 0 bridgehead atoms. The summed E-state index contributed by atoms with van der Waals surface area (Å²) in [6.07, 6.45) is 1.59. The fourth-order valence-corrected chi connectivity index (χ4v) is 3.10. The number of thiophene rings is 1. The molecule has 98 valence electrons. The number of rotatable bonds is 5. The van der Waals surface area contributed by atoms with Crippen LogP contribution >= 0.6 is 22.9 Å². The molecule has 0 aliphatic rings. The van der Waals surface area contributed by atoms with E-state index in [0.717, 1.165) is 41.4 Å². The van der Waals surface area contributed by atoms with Gasteiger partial charge in [0.05, 0.1) is 16.4 Å². The second kappa shape index (κ2) is 5.87. The van der Waals surface area contributed by atoms with Crippen LogP contribution in [0.5, 0.6) is 0 Å². The van der Waals surface area contributed by atoms with Crippen molar-refractivity contribution < 1.29 is 0 Å². The molecule has 1 unspecified atom stereocenters. The second-order valence-electron chi connectivity index (χ2n) is 4.24. The molecule has 3 nitrogen and oxygen atoms in total. The van der Waals surface area contributed by atoms with E-state index in [4.69, 9.17) is 17.3 Å². The predicted molar refractivity (Wildman–Crippen MR) is 77.2 cm³/mol. The second-order valence-corrected chi connectivity index (χ2v) is 5.40. The molecule has 2 aromatic rings. The molecule has 0 aliphatic heterocycles. The van der Waals surface area contributed by atoms with Gasteiger partial charge in [-0.1, -0.05) is 18.5 Å². The van der Waals surface area contributed by atoms with Crippen LogP contribution in [-0.2, 0) is 19.4 Å². The average Bonchev–Trinajstić information content (AvgIpc) is 2.99. The quantitative estimate of drug-likeness (QED) is 0.914. The standard InChI is InChI=1S/C13H18ClN3S/c1-3-11-13(14)12(17(4-2)16-11)7-10(15)9-5-6-18-8-9/h5-6,8,10H,3-4,7,15H2,1-2H3. The fraction of sp³-hybridized carbons (Fsp3) is 0.462. The lowest BCUT2D eigenvalue weighted by atomic mass is 10.1. The highest BCUT2D eigenvalue weighted by Gasteiger charge is 2.17. The van der Waals surface area contributed by atoms with E-state index in [1.807, 2.05) is 10.1 Å². The van der Waals surface area contributed by atoms with Crippen molar-refractivity contribution in [2.24, 2.45) is 5.73 Å². The lowest BCUT2D eigenvalue weighted by molar-refractivity contribution is 0.586. The predicted octanol–water partition coefficient (Wildman–Crippen LogP) is 3.42. The smallest absolute Gasteiger partial charge is 0.0850 e. The lowest BCUT2D eigenvalue weighted by Gasteiger charge is -2.11. The maximum Gasteiger partial charge on any atom is 0.0850 e. The van der Waals surface area contributed by atoms with Crippen molar-refractivity contribution in [1.82, 2.24) is 9.78 Å². The molecule has 2 aromatic heterocycles. The normalized spacial score (nSPS) is 12.9. The van der Waals surface area contributed by atoms with Gasteiger partial charge in [0.2, 0.25) is 0 Å². The zero-order chi connectivity index (χ0) is 13.1. The van der Waals surface area contributed by atoms with Crippen LogP contribution in [0.2, 0.25) is 5.02 Å². The molecule has 0 radical (unpaired) electrons. The van der Waals surface area contributed by atoms with Gasteiger partial charge in [-0.2, -0.15) is 16.4 Å². The van der Waals surface area contributed by atoms with E-state index in [-0.39, 0.29) is 6.04 Å². The molecule has 2 N–H and O–H groups in total. The van der Waals surface area contributed by atoms with E-state index < -0.39 is 0 Å². The third kappa shape index (κ3) is 2.60. The summed E-state index contributed by atoms with van der Waals surface area (Å²) < 4.78 is 1.97. The van der Waals surface area contributed by atoms with E-state index in [9.17, 15) is 0 Å². The van der Waals surface area contributed by atoms with E-state index in [1.165, 1.54) is 0 Å². The summed E-state index contributed by atoms with van der Waals surface area (Å²) in [5, 5.41) is 9.43. The van der Waals surface area contributed by atoms with E-state index >= 15 is 0 Å². The summed E-state index contributed by atoms with van der Waals surface area (Å²) >= 11 is 8.04. The minimum absolute atomic E-state index is 0.0135. The molecule has 0 aliphatic carbocycles. The molecular weight excluding hydrogens is 266 g/mol. The lowest BCUT2D eigenvalue weighted by Crippen LogP contribution is -2.15. The maximum absolute atomic E-state index is 6.38. The summed E-state index contributed by atoms with van der Waals surface area (Å²) in [7, 11) is 0. The minimum Gasteiger partial charge on any atom is -0.324 e. The van der Waals surface area contributed by atoms with Crippen LogP contribution in [0.4, 0.5) is 0 Å². The fourth-order valence-electron chi connectivity index (χ4n) is 2.02. The van der Waals surface area contributed by atoms with Gasteiger partial charge in [0, 0.05) is 19.0 Å². The number of nitrogens with zero attached hydrogens (tertiary/aromatic N) is 2. The van der Waals surface area contributed by atoms with Crippen LogP contribution in [-0.4, -0.2) is 9.78 Å². The Morgan fingerprint density at radius 2 is 2.28 bits per heavy atom. The summed E-state index contributed by atoms with van der Waals surface area (Å²) in [5.41, 5.74) is 9.40. The first kappa shape index (κ1) is 13.6. The average molecular weight is 284 g/mol. The van der Waals surface area contributed by atoms with Crippen LogP contribution in [0.3, 0.4) is 0 Å². The molecule has 0 spiro atoms. The molecule has 2 rings (SSSR count). The Bertz CT molecular complexity index is 505. The Labute approximate surface area is 117 Å². The highest BCUT2D eigenvalue weighted by molar-refractivity contribution is 7.07. The topological polar surface area (TPSA) is 43.8 Å². The largest absolute Gasteiger partial charge is 0.324 e. The molecule has 0 saturated heterocycles. The van der Waals surface area contributed by atoms with Crippen LogP contribution in [0, 0.1) is 0 Å². The third-order valence-corrected chi connectivity index (χ3v) is 4.22. The SMILES string of the molecule is CCc1nn(CC)c(CC(N)c2ccsc2)c1Cl. The number of aromatic nitrogens is 2. The Kier molecular flexibility index (Phi) is 4.43. The van der Waals surface area contributed by atoms with Crippen LogP contribution in [0.25, 0.3) is 0 Å². The molecule has 0 aromatic carbocycles. The molecule has 0 fully saturated rings. The van der Waals surface area contributed by atoms with Crippen molar-refractivity contribution in [2.75, 3.05) is 0 Å². The summed E-state index contributed by atoms with van der Waals surface area (Å²) in [4.78, 5) is 0. The Hall–Kier alpha value is -0.840. The van der Waals surface area contributed by atoms with E-state index in [0.29, 0.717) is 0 Å². The monoisotopic (exact) mass is 283 g/mol. The van der Waals surface area contributed by atoms with Crippen molar-refractivity contribution in [1.29, 1.82) is 0 Å². The molecule has 5 heteroatoms. The first-order valence-corrected chi connectivity index (χ1v) is 7.51. The van der Waals surface area contributed by atoms with E-state index in [1.54, 1.807) is 11.3 Å². The van der Waals surface area contributed by atoms with Crippen molar-refractivity contribution in [3.05, 3.63) is 38.8 Å². The number of halogens is 1. The van der Waals surface area contributed by atoms with Gasteiger partial charge in [-0.3, -0.25) is 4.68 Å². The van der Waals surface area contributed by atoms with Crippen LogP contribution in [0.1, 0.15) is 36.8 Å². The van der Waals surface area contributed by atoms with Crippen LogP contribution in [0.15, 0.2) is 16.8 Å². The van der Waals surface area contributed by atoms with Gasteiger partial charge in [-0.25, -0.2) is 0 Å². The Morgan fingerprint density at radius 1 is 1.50 bits per heavy atom. The number of hydrogen-bond acceptors (Lipinski definition) is 3. The molecule has 18 heavy (non-hydrogen) atoms. The molecular formula is C13H18ClN3S. The number of aryl methyl sites for hydroxylation is 2. The summed E-state index contributed by atoms with van der Waals surface area (Å²) in [6.45, 7) is 4.96. The first-order valence-electron chi connectivity index (χ1n) is 6.19. The van der Waals surface area contributed by atoms with Gasteiger partial charge >= 0.3 is 0 Å².